The highest BCUT2D eigenvalue weighted by molar-refractivity contribution is 5.77. The molecular weight excluding hydrogens is 292 g/mol. The Balaban J connectivity index is 2.21. The molecule has 0 aliphatic rings. The highest BCUT2D eigenvalue weighted by Crippen LogP contribution is 2.27. The van der Waals surface area contributed by atoms with Gasteiger partial charge in [-0.15, -0.1) is 0 Å². The maximum absolute atomic E-state index is 13.7. The number of benzene rings is 1. The van der Waals surface area contributed by atoms with Gasteiger partial charge in [-0.25, -0.2) is 18.7 Å². The fourth-order valence-electron chi connectivity index (χ4n) is 1.85. The van der Waals surface area contributed by atoms with Gasteiger partial charge in [-0.05, 0) is 19.1 Å². The minimum atomic E-state index is -0.736. The molecule has 1 atom stereocenters. The Kier molecular flexibility index (Phi) is 5.05. The molecule has 0 amide bonds. The molecule has 22 heavy (non-hydrogen) atoms. The molecule has 0 saturated carbocycles. The number of rotatable bonds is 6. The van der Waals surface area contributed by atoms with Crippen LogP contribution < -0.4 is 16.4 Å². The second kappa shape index (κ2) is 6.99. The van der Waals surface area contributed by atoms with Crippen molar-refractivity contribution in [3.63, 3.8) is 0 Å². The molecular formula is C14H17F2N5O. The Labute approximate surface area is 126 Å². The molecule has 0 saturated heterocycles. The van der Waals surface area contributed by atoms with Crippen molar-refractivity contribution in [3.05, 3.63) is 36.2 Å². The van der Waals surface area contributed by atoms with Crippen molar-refractivity contribution in [2.45, 2.75) is 13.0 Å². The molecule has 2 aromatic rings. The second-order valence-corrected chi connectivity index (χ2v) is 4.73. The highest BCUT2D eigenvalue weighted by Gasteiger charge is 2.12. The first-order valence-corrected chi connectivity index (χ1v) is 6.59. The summed E-state index contributed by atoms with van der Waals surface area (Å²) in [5, 5.41) is 5.79. The van der Waals surface area contributed by atoms with Gasteiger partial charge in [0.05, 0.1) is 12.3 Å². The van der Waals surface area contributed by atoms with Gasteiger partial charge in [0.25, 0.3) is 0 Å². The third kappa shape index (κ3) is 3.79. The number of halogens is 2. The Morgan fingerprint density at radius 2 is 2.00 bits per heavy atom. The van der Waals surface area contributed by atoms with Crippen molar-refractivity contribution in [3.8, 4) is 0 Å². The number of anilines is 4. The van der Waals surface area contributed by atoms with Gasteiger partial charge in [0.1, 0.15) is 23.6 Å². The smallest absolute Gasteiger partial charge is 0.159 e. The quantitative estimate of drug-likeness (QED) is 0.760. The fraction of sp³-hybridized carbons (Fsp3) is 0.286. The summed E-state index contributed by atoms with van der Waals surface area (Å²) in [5.74, 6) is -0.757. The molecule has 118 valence electrons. The summed E-state index contributed by atoms with van der Waals surface area (Å²) in [6.07, 6.45) is 1.29. The van der Waals surface area contributed by atoms with E-state index < -0.39 is 11.6 Å². The van der Waals surface area contributed by atoms with Crippen LogP contribution in [0.1, 0.15) is 6.92 Å². The lowest BCUT2D eigenvalue weighted by molar-refractivity contribution is 0.190. The normalized spacial score (nSPS) is 12.0. The number of nitrogens with one attached hydrogen (secondary N) is 2. The molecule has 0 radical (unpaired) electrons. The van der Waals surface area contributed by atoms with E-state index in [9.17, 15) is 8.78 Å². The molecule has 8 heteroatoms. The maximum Gasteiger partial charge on any atom is 0.159 e. The standard InChI is InChI=1S/C14H17F2N5O/c1-8(6-22-2)20-13-12(17)14(19-7-18-13)21-11-4-3-9(15)5-10(11)16/h3-5,7-8H,6,17H2,1-2H3,(H2,18,19,20,21). The number of nitrogens with two attached hydrogens (primary N) is 1. The topological polar surface area (TPSA) is 85.1 Å². The van der Waals surface area contributed by atoms with Crippen LogP contribution in [0.15, 0.2) is 24.5 Å². The zero-order valence-electron chi connectivity index (χ0n) is 12.2. The molecule has 6 nitrogen and oxygen atoms in total. The van der Waals surface area contributed by atoms with Gasteiger partial charge in [0.15, 0.2) is 11.6 Å². The average molecular weight is 309 g/mol. The zero-order valence-corrected chi connectivity index (χ0v) is 12.2. The van der Waals surface area contributed by atoms with Crippen LogP contribution in [0.4, 0.5) is 31.8 Å². The van der Waals surface area contributed by atoms with Crippen LogP contribution in [0.3, 0.4) is 0 Å². The predicted molar refractivity (Wildman–Crippen MR) is 81.0 cm³/mol. The van der Waals surface area contributed by atoms with E-state index in [1.807, 2.05) is 6.92 Å². The largest absolute Gasteiger partial charge is 0.393 e. The lowest BCUT2D eigenvalue weighted by Crippen LogP contribution is -2.22. The average Bonchev–Trinajstić information content (AvgIpc) is 2.46. The zero-order chi connectivity index (χ0) is 16.1. The number of nitrogen functional groups attached to an aromatic ring is 1. The van der Waals surface area contributed by atoms with Crippen LogP contribution in [0.5, 0.6) is 0 Å². The molecule has 1 aromatic heterocycles. The van der Waals surface area contributed by atoms with Crippen molar-refractivity contribution >= 4 is 23.0 Å². The van der Waals surface area contributed by atoms with Gasteiger partial charge in [-0.1, -0.05) is 0 Å². The lowest BCUT2D eigenvalue weighted by Gasteiger charge is -2.16. The van der Waals surface area contributed by atoms with E-state index in [1.165, 1.54) is 12.4 Å². The first-order chi connectivity index (χ1) is 10.5. The summed E-state index contributed by atoms with van der Waals surface area (Å²) in [7, 11) is 1.59. The number of nitrogens with zero attached hydrogens (tertiary/aromatic N) is 2. The van der Waals surface area contributed by atoms with Crippen molar-refractivity contribution in [1.29, 1.82) is 0 Å². The molecule has 4 N–H and O–H groups in total. The van der Waals surface area contributed by atoms with Crippen LogP contribution in [0.25, 0.3) is 0 Å². The lowest BCUT2D eigenvalue weighted by atomic mass is 10.3. The van der Waals surface area contributed by atoms with E-state index in [1.54, 1.807) is 7.11 Å². The third-order valence-corrected chi connectivity index (χ3v) is 2.87. The number of hydrogen-bond donors (Lipinski definition) is 3. The summed E-state index contributed by atoms with van der Waals surface area (Å²) in [6.45, 7) is 2.37. The molecule has 0 spiro atoms. The first kappa shape index (κ1) is 15.9. The molecule has 2 rings (SSSR count). The summed E-state index contributed by atoms with van der Waals surface area (Å²) in [4.78, 5) is 8.01. The van der Waals surface area contributed by atoms with Crippen molar-refractivity contribution < 1.29 is 13.5 Å². The maximum atomic E-state index is 13.7. The van der Waals surface area contributed by atoms with Crippen molar-refractivity contribution in [2.75, 3.05) is 30.1 Å². The Morgan fingerprint density at radius 1 is 1.27 bits per heavy atom. The molecule has 1 heterocycles. The van der Waals surface area contributed by atoms with E-state index in [0.29, 0.717) is 12.4 Å². The van der Waals surface area contributed by atoms with Crippen LogP contribution in [0, 0.1) is 11.6 Å². The molecule has 0 bridgehead atoms. The molecule has 1 aromatic carbocycles. The molecule has 0 fully saturated rings. The highest BCUT2D eigenvalue weighted by atomic mass is 19.1. The van der Waals surface area contributed by atoms with E-state index in [2.05, 4.69) is 20.6 Å². The van der Waals surface area contributed by atoms with Crippen molar-refractivity contribution in [2.24, 2.45) is 0 Å². The summed E-state index contributed by atoms with van der Waals surface area (Å²) >= 11 is 0. The van der Waals surface area contributed by atoms with Gasteiger partial charge in [0, 0.05) is 19.2 Å². The minimum absolute atomic E-state index is 0.0161. The van der Waals surface area contributed by atoms with Gasteiger partial charge in [0.2, 0.25) is 0 Å². The first-order valence-electron chi connectivity index (χ1n) is 6.59. The molecule has 0 aliphatic heterocycles. The summed E-state index contributed by atoms with van der Waals surface area (Å²) < 4.78 is 31.6. The van der Waals surface area contributed by atoms with E-state index in [0.717, 1.165) is 12.1 Å². The van der Waals surface area contributed by atoms with E-state index >= 15 is 0 Å². The number of aromatic nitrogens is 2. The van der Waals surface area contributed by atoms with Gasteiger partial charge < -0.3 is 21.1 Å². The Hall–Kier alpha value is -2.48. The van der Waals surface area contributed by atoms with Gasteiger partial charge in [-0.2, -0.15) is 0 Å². The van der Waals surface area contributed by atoms with Crippen LogP contribution in [-0.2, 0) is 4.74 Å². The Morgan fingerprint density at radius 3 is 2.68 bits per heavy atom. The van der Waals surface area contributed by atoms with Crippen molar-refractivity contribution in [1.82, 2.24) is 9.97 Å². The van der Waals surface area contributed by atoms with Crippen LogP contribution >= 0.6 is 0 Å². The van der Waals surface area contributed by atoms with E-state index in [-0.39, 0.29) is 23.2 Å². The minimum Gasteiger partial charge on any atom is -0.393 e. The van der Waals surface area contributed by atoms with Crippen LogP contribution in [-0.4, -0.2) is 29.7 Å². The van der Waals surface area contributed by atoms with E-state index in [4.69, 9.17) is 10.5 Å². The van der Waals surface area contributed by atoms with Gasteiger partial charge in [-0.3, -0.25) is 0 Å². The second-order valence-electron chi connectivity index (χ2n) is 4.73. The third-order valence-electron chi connectivity index (χ3n) is 2.87. The number of methoxy groups -OCH3 is 1. The predicted octanol–water partition coefficient (Wildman–Crippen LogP) is 2.53. The number of ether oxygens (including phenoxy) is 1. The summed E-state index contributed by atoms with van der Waals surface area (Å²) in [5.41, 5.74) is 6.27. The SMILES string of the molecule is COCC(C)Nc1ncnc(Nc2ccc(F)cc2F)c1N. The summed E-state index contributed by atoms with van der Waals surface area (Å²) in [6, 6.07) is 3.17. The Bertz CT molecular complexity index is 653. The number of hydrogen-bond acceptors (Lipinski definition) is 6. The molecule has 1 unspecified atom stereocenters. The monoisotopic (exact) mass is 309 g/mol. The van der Waals surface area contributed by atoms with Crippen LogP contribution in [0.2, 0.25) is 0 Å². The molecule has 0 aliphatic carbocycles. The van der Waals surface area contributed by atoms with Gasteiger partial charge >= 0.3 is 0 Å². The fourth-order valence-corrected chi connectivity index (χ4v) is 1.85.